The summed E-state index contributed by atoms with van der Waals surface area (Å²) in [6.07, 6.45) is 0. The number of thiazole rings is 1. The van der Waals surface area contributed by atoms with E-state index in [1.807, 2.05) is 0 Å². The molecule has 15 heavy (non-hydrogen) atoms. The highest BCUT2D eigenvalue weighted by Crippen LogP contribution is 2.35. The Morgan fingerprint density at radius 3 is 2.33 bits per heavy atom. The minimum Gasteiger partial charge on any atom is -0.477 e. The van der Waals surface area contributed by atoms with E-state index in [1.54, 1.807) is 6.92 Å². The minimum absolute atomic E-state index is 0.0663. The molecule has 0 aliphatic rings. The number of aromatic nitrogens is 1. The maximum Gasteiger partial charge on any atom is 0.347 e. The summed E-state index contributed by atoms with van der Waals surface area (Å²) in [5, 5.41) is 9.86. The van der Waals surface area contributed by atoms with Crippen molar-refractivity contribution in [2.75, 3.05) is 0 Å². The van der Waals surface area contributed by atoms with E-state index in [0.717, 1.165) is 5.01 Å². The van der Waals surface area contributed by atoms with Crippen LogP contribution in [0.2, 0.25) is 0 Å². The largest absolute Gasteiger partial charge is 0.477 e. The number of carboxylic acids is 1. The summed E-state index contributed by atoms with van der Waals surface area (Å²) in [7, 11) is 0. The normalized spacial score (nSPS) is 12.1. The van der Waals surface area contributed by atoms with Crippen molar-refractivity contribution in [3.8, 4) is 0 Å². The third kappa shape index (κ3) is 2.20. The van der Waals surface area contributed by atoms with Crippen molar-refractivity contribution in [1.82, 2.24) is 4.98 Å². The number of nitrogens with zero attached hydrogens (tertiary/aromatic N) is 1. The second kappa shape index (κ2) is 3.93. The Balaban J connectivity index is 3.18. The van der Waals surface area contributed by atoms with Gasteiger partial charge in [0.25, 0.3) is 0 Å². The first-order valence-corrected chi connectivity index (χ1v) is 5.79. The second-order valence-electron chi connectivity index (χ2n) is 4.62. The first kappa shape index (κ1) is 12.2. The second-order valence-corrected chi connectivity index (χ2v) is 5.61. The van der Waals surface area contributed by atoms with Crippen LogP contribution < -0.4 is 0 Å². The van der Waals surface area contributed by atoms with E-state index in [4.69, 9.17) is 5.11 Å². The van der Waals surface area contributed by atoms with E-state index in [2.05, 4.69) is 32.7 Å². The lowest BCUT2D eigenvalue weighted by atomic mass is 9.82. The predicted molar refractivity (Wildman–Crippen MR) is 61.7 cm³/mol. The molecule has 1 aromatic rings. The summed E-state index contributed by atoms with van der Waals surface area (Å²) in [4.78, 5) is 15.6. The molecule has 0 spiro atoms. The van der Waals surface area contributed by atoms with Crippen molar-refractivity contribution in [2.45, 2.75) is 40.0 Å². The number of hydrogen-bond acceptors (Lipinski definition) is 3. The highest BCUT2D eigenvalue weighted by atomic mass is 32.1. The first-order valence-electron chi connectivity index (χ1n) is 4.98. The van der Waals surface area contributed by atoms with Gasteiger partial charge in [-0.15, -0.1) is 11.3 Å². The van der Waals surface area contributed by atoms with Crippen molar-refractivity contribution in [1.29, 1.82) is 0 Å². The molecule has 1 aromatic heterocycles. The Hall–Kier alpha value is -0.900. The van der Waals surface area contributed by atoms with Crippen molar-refractivity contribution in [3.63, 3.8) is 0 Å². The van der Waals surface area contributed by atoms with Crippen molar-refractivity contribution >= 4 is 17.3 Å². The van der Waals surface area contributed by atoms with Crippen LogP contribution in [0.4, 0.5) is 0 Å². The van der Waals surface area contributed by atoms with Gasteiger partial charge >= 0.3 is 5.97 Å². The van der Waals surface area contributed by atoms with E-state index in [0.29, 0.717) is 16.5 Å². The van der Waals surface area contributed by atoms with E-state index in [-0.39, 0.29) is 5.41 Å². The van der Waals surface area contributed by atoms with Crippen molar-refractivity contribution in [2.24, 2.45) is 5.92 Å². The molecule has 0 atom stereocenters. The number of carbonyl (C=O) groups is 1. The molecule has 84 valence electrons. The quantitative estimate of drug-likeness (QED) is 0.863. The molecular weight excluding hydrogens is 210 g/mol. The topological polar surface area (TPSA) is 50.2 Å². The monoisotopic (exact) mass is 227 g/mol. The van der Waals surface area contributed by atoms with Gasteiger partial charge in [-0.25, -0.2) is 9.78 Å². The Kier molecular flexibility index (Phi) is 3.19. The Morgan fingerprint density at radius 2 is 2.00 bits per heavy atom. The molecule has 0 aliphatic carbocycles. The summed E-state index contributed by atoms with van der Waals surface area (Å²) in [6.45, 7) is 10.2. The Morgan fingerprint density at radius 1 is 1.47 bits per heavy atom. The lowest BCUT2D eigenvalue weighted by molar-refractivity contribution is 0.0701. The number of hydrogen-bond donors (Lipinski definition) is 1. The van der Waals surface area contributed by atoms with Crippen LogP contribution in [0, 0.1) is 12.8 Å². The van der Waals surface area contributed by atoms with Gasteiger partial charge in [0.05, 0.1) is 10.7 Å². The molecule has 0 bridgehead atoms. The van der Waals surface area contributed by atoms with Gasteiger partial charge in [0.1, 0.15) is 4.88 Å². The van der Waals surface area contributed by atoms with Crippen molar-refractivity contribution in [3.05, 3.63) is 15.6 Å². The van der Waals surface area contributed by atoms with Gasteiger partial charge in [-0.3, -0.25) is 0 Å². The molecule has 0 amide bonds. The fourth-order valence-electron chi connectivity index (χ4n) is 1.12. The van der Waals surface area contributed by atoms with Gasteiger partial charge in [-0.2, -0.15) is 0 Å². The molecule has 0 aromatic carbocycles. The lowest BCUT2D eigenvalue weighted by Crippen LogP contribution is -2.24. The lowest BCUT2D eigenvalue weighted by Gasteiger charge is -2.26. The average Bonchev–Trinajstić information content (AvgIpc) is 2.47. The molecule has 1 heterocycles. The van der Waals surface area contributed by atoms with Crippen LogP contribution in [0.3, 0.4) is 0 Å². The van der Waals surface area contributed by atoms with Gasteiger partial charge in [0, 0.05) is 5.41 Å². The fraction of sp³-hybridized carbons (Fsp3) is 0.636. The zero-order valence-corrected chi connectivity index (χ0v) is 10.6. The highest BCUT2D eigenvalue weighted by Gasteiger charge is 2.30. The molecule has 0 saturated carbocycles. The fourth-order valence-corrected chi connectivity index (χ4v) is 2.27. The van der Waals surface area contributed by atoms with Crippen LogP contribution >= 0.6 is 11.3 Å². The summed E-state index contributed by atoms with van der Waals surface area (Å²) < 4.78 is 0. The third-order valence-corrected chi connectivity index (χ3v) is 4.47. The van der Waals surface area contributed by atoms with E-state index >= 15 is 0 Å². The molecule has 0 aliphatic heterocycles. The van der Waals surface area contributed by atoms with E-state index < -0.39 is 5.97 Å². The third-order valence-electron chi connectivity index (χ3n) is 2.99. The summed E-state index contributed by atoms with van der Waals surface area (Å²) in [6, 6.07) is 0. The Labute approximate surface area is 94.2 Å². The molecule has 1 rings (SSSR count). The Bertz CT molecular complexity index is 380. The van der Waals surface area contributed by atoms with Gasteiger partial charge in [-0.1, -0.05) is 27.7 Å². The van der Waals surface area contributed by atoms with Crippen LogP contribution in [-0.2, 0) is 5.41 Å². The molecule has 0 unspecified atom stereocenters. The maximum absolute atomic E-state index is 10.9. The maximum atomic E-state index is 10.9. The average molecular weight is 227 g/mol. The molecule has 0 fully saturated rings. The van der Waals surface area contributed by atoms with Crippen LogP contribution in [-0.4, -0.2) is 16.1 Å². The predicted octanol–water partition coefficient (Wildman–Crippen LogP) is 3.08. The zero-order valence-electron chi connectivity index (χ0n) is 9.79. The molecule has 4 heteroatoms. The summed E-state index contributed by atoms with van der Waals surface area (Å²) in [5.74, 6) is -0.444. The number of aryl methyl sites for hydroxylation is 1. The van der Waals surface area contributed by atoms with E-state index in [9.17, 15) is 4.79 Å². The summed E-state index contributed by atoms with van der Waals surface area (Å²) >= 11 is 1.29. The molecular formula is C11H17NO2S. The van der Waals surface area contributed by atoms with Gasteiger partial charge in [0.2, 0.25) is 0 Å². The van der Waals surface area contributed by atoms with Gasteiger partial charge in [-0.05, 0) is 12.8 Å². The zero-order chi connectivity index (χ0) is 11.8. The van der Waals surface area contributed by atoms with Crippen LogP contribution in [0.25, 0.3) is 0 Å². The standard InChI is InChI=1S/C11H17NO2S/c1-6(2)11(4,5)10-12-7(3)8(15-10)9(13)14/h6H,1-5H3,(H,13,14). The number of rotatable bonds is 3. The number of carboxylic acid groups (broad SMARTS) is 1. The molecule has 0 radical (unpaired) electrons. The molecule has 3 nitrogen and oxygen atoms in total. The van der Waals surface area contributed by atoms with Crippen LogP contribution in [0.1, 0.15) is 48.1 Å². The van der Waals surface area contributed by atoms with Crippen LogP contribution in [0.5, 0.6) is 0 Å². The number of aromatic carboxylic acids is 1. The van der Waals surface area contributed by atoms with Crippen molar-refractivity contribution < 1.29 is 9.90 Å². The smallest absolute Gasteiger partial charge is 0.347 e. The van der Waals surface area contributed by atoms with Gasteiger partial charge < -0.3 is 5.11 Å². The molecule has 1 N–H and O–H groups in total. The van der Waals surface area contributed by atoms with Gasteiger partial charge in [0.15, 0.2) is 0 Å². The highest BCUT2D eigenvalue weighted by molar-refractivity contribution is 7.13. The minimum atomic E-state index is -0.879. The molecule has 0 saturated heterocycles. The SMILES string of the molecule is Cc1nc(C(C)(C)C(C)C)sc1C(=O)O. The first-order chi connectivity index (χ1) is 6.76. The summed E-state index contributed by atoms with van der Waals surface area (Å²) in [5.41, 5.74) is 0.555. The van der Waals surface area contributed by atoms with E-state index in [1.165, 1.54) is 11.3 Å². The van der Waals surface area contributed by atoms with Crippen LogP contribution in [0.15, 0.2) is 0 Å².